The number of rotatable bonds is 2. The topological polar surface area (TPSA) is 37.0 Å². The number of nitrogens with zero attached hydrogens (tertiary/aromatic N) is 1. The predicted molar refractivity (Wildman–Crippen MR) is 95.7 cm³/mol. The third-order valence-corrected chi connectivity index (χ3v) is 3.68. The molecule has 0 saturated carbocycles. The monoisotopic (exact) mass is 357 g/mol. The Morgan fingerprint density at radius 1 is 0.952 bits per heavy atom. The van der Waals surface area contributed by atoms with E-state index in [2.05, 4.69) is 49.7 Å². The minimum atomic E-state index is 0.515. The molecule has 0 spiro atoms. The molecule has 1 aromatic heterocycles. The summed E-state index contributed by atoms with van der Waals surface area (Å²) in [6, 6.07) is 18.0. The SMILES string of the molecule is S=C(Nc1ccc(Br)cn1)Nc1cccc2ccccc12. The van der Waals surface area contributed by atoms with E-state index in [1.54, 1.807) is 6.20 Å². The average Bonchev–Trinajstić information content (AvgIpc) is 2.50. The molecule has 3 aromatic rings. The van der Waals surface area contributed by atoms with Crippen LogP contribution in [0.15, 0.2) is 65.3 Å². The third-order valence-electron chi connectivity index (χ3n) is 3.01. The number of halogens is 1. The molecule has 0 fully saturated rings. The van der Waals surface area contributed by atoms with Crippen molar-refractivity contribution in [3.8, 4) is 0 Å². The predicted octanol–water partition coefficient (Wildman–Crippen LogP) is 4.81. The molecule has 0 radical (unpaired) electrons. The van der Waals surface area contributed by atoms with Gasteiger partial charge in [-0.1, -0.05) is 36.4 Å². The van der Waals surface area contributed by atoms with Crippen molar-refractivity contribution in [1.29, 1.82) is 0 Å². The van der Waals surface area contributed by atoms with Crippen LogP contribution < -0.4 is 10.6 Å². The van der Waals surface area contributed by atoms with Crippen molar-refractivity contribution in [2.45, 2.75) is 0 Å². The molecule has 0 amide bonds. The fourth-order valence-corrected chi connectivity index (χ4v) is 2.50. The summed E-state index contributed by atoms with van der Waals surface area (Å²) in [6.45, 7) is 0. The molecular weight excluding hydrogens is 346 g/mol. The zero-order chi connectivity index (χ0) is 14.7. The van der Waals surface area contributed by atoms with E-state index in [1.165, 1.54) is 5.39 Å². The molecule has 3 nitrogen and oxygen atoms in total. The van der Waals surface area contributed by atoms with Gasteiger partial charge in [0, 0.05) is 21.7 Å². The maximum absolute atomic E-state index is 5.34. The lowest BCUT2D eigenvalue weighted by atomic mass is 10.1. The van der Waals surface area contributed by atoms with E-state index in [1.807, 2.05) is 36.4 Å². The highest BCUT2D eigenvalue weighted by molar-refractivity contribution is 9.10. The summed E-state index contributed by atoms with van der Waals surface area (Å²) in [5.74, 6) is 0.705. The molecule has 5 heteroatoms. The van der Waals surface area contributed by atoms with Gasteiger partial charge in [-0.15, -0.1) is 0 Å². The van der Waals surface area contributed by atoms with Crippen molar-refractivity contribution in [3.05, 3.63) is 65.3 Å². The molecule has 2 aromatic carbocycles. The zero-order valence-corrected chi connectivity index (χ0v) is 13.4. The average molecular weight is 358 g/mol. The van der Waals surface area contributed by atoms with E-state index in [4.69, 9.17) is 12.2 Å². The Hall–Kier alpha value is -1.98. The van der Waals surface area contributed by atoms with Crippen LogP contribution in [0.5, 0.6) is 0 Å². The van der Waals surface area contributed by atoms with Gasteiger partial charge in [-0.25, -0.2) is 4.98 Å². The van der Waals surface area contributed by atoms with Crippen LogP contribution in [0.4, 0.5) is 11.5 Å². The third kappa shape index (κ3) is 3.37. The van der Waals surface area contributed by atoms with E-state index in [-0.39, 0.29) is 0 Å². The van der Waals surface area contributed by atoms with Crippen molar-refractivity contribution in [3.63, 3.8) is 0 Å². The Labute approximate surface area is 136 Å². The van der Waals surface area contributed by atoms with Crippen LogP contribution >= 0.6 is 28.1 Å². The lowest BCUT2D eigenvalue weighted by Crippen LogP contribution is -2.19. The Morgan fingerprint density at radius 2 is 1.76 bits per heavy atom. The van der Waals surface area contributed by atoms with Crippen molar-refractivity contribution >= 4 is 55.5 Å². The number of nitrogens with one attached hydrogen (secondary N) is 2. The van der Waals surface area contributed by atoms with Gasteiger partial charge in [-0.05, 0) is 51.7 Å². The molecule has 0 atom stereocenters. The molecule has 104 valence electrons. The minimum absolute atomic E-state index is 0.515. The van der Waals surface area contributed by atoms with Crippen molar-refractivity contribution in [1.82, 2.24) is 4.98 Å². The van der Waals surface area contributed by atoms with E-state index < -0.39 is 0 Å². The zero-order valence-electron chi connectivity index (χ0n) is 11.0. The number of pyridine rings is 1. The molecule has 0 saturated heterocycles. The summed E-state index contributed by atoms with van der Waals surface area (Å²) in [5, 5.41) is 9.11. The second-order valence-electron chi connectivity index (χ2n) is 4.47. The summed E-state index contributed by atoms with van der Waals surface area (Å²) < 4.78 is 0.931. The summed E-state index contributed by atoms with van der Waals surface area (Å²) >= 11 is 8.69. The molecule has 0 aliphatic rings. The van der Waals surface area contributed by atoms with Crippen molar-refractivity contribution in [2.75, 3.05) is 10.6 Å². The number of thiocarbonyl (C=S) groups is 1. The molecule has 0 aliphatic heterocycles. The largest absolute Gasteiger partial charge is 0.332 e. The molecule has 0 unspecified atom stereocenters. The summed E-state index contributed by atoms with van der Waals surface area (Å²) in [7, 11) is 0. The standard InChI is InChI=1S/C16H12BrN3S/c17-12-8-9-15(18-10-12)20-16(21)19-14-7-3-5-11-4-1-2-6-13(11)14/h1-10H,(H2,18,19,20,21). The summed E-state index contributed by atoms with van der Waals surface area (Å²) in [4.78, 5) is 4.24. The quantitative estimate of drug-likeness (QED) is 0.645. The molecule has 2 N–H and O–H groups in total. The van der Waals surface area contributed by atoms with Gasteiger partial charge in [0.25, 0.3) is 0 Å². The van der Waals surface area contributed by atoms with Gasteiger partial charge in [0.15, 0.2) is 5.11 Å². The lowest BCUT2D eigenvalue weighted by Gasteiger charge is -2.12. The highest BCUT2D eigenvalue weighted by Gasteiger charge is 2.03. The molecular formula is C16H12BrN3S. The van der Waals surface area contributed by atoms with Crippen molar-refractivity contribution < 1.29 is 0 Å². The van der Waals surface area contributed by atoms with Crippen LogP contribution in [0.3, 0.4) is 0 Å². The summed E-state index contributed by atoms with van der Waals surface area (Å²) in [5.41, 5.74) is 0.975. The second kappa shape index (κ2) is 6.20. The molecule has 3 rings (SSSR count). The Kier molecular flexibility index (Phi) is 4.13. The highest BCUT2D eigenvalue weighted by atomic mass is 79.9. The first-order valence-corrected chi connectivity index (χ1v) is 7.60. The van der Waals surface area contributed by atoms with Crippen LogP contribution in [0, 0.1) is 0 Å². The number of anilines is 2. The van der Waals surface area contributed by atoms with Crippen molar-refractivity contribution in [2.24, 2.45) is 0 Å². The number of hydrogen-bond donors (Lipinski definition) is 2. The van der Waals surface area contributed by atoms with Crippen LogP contribution in [-0.2, 0) is 0 Å². The first-order chi connectivity index (χ1) is 10.2. The van der Waals surface area contributed by atoms with Gasteiger partial charge < -0.3 is 10.6 Å². The van der Waals surface area contributed by atoms with E-state index in [0.717, 1.165) is 15.5 Å². The van der Waals surface area contributed by atoms with Gasteiger partial charge >= 0.3 is 0 Å². The first kappa shape index (κ1) is 14.0. The highest BCUT2D eigenvalue weighted by Crippen LogP contribution is 2.23. The van der Waals surface area contributed by atoms with Gasteiger partial charge in [-0.3, -0.25) is 0 Å². The van der Waals surface area contributed by atoms with Gasteiger partial charge in [0.05, 0.1) is 0 Å². The van der Waals surface area contributed by atoms with E-state index in [0.29, 0.717) is 10.9 Å². The molecule has 0 aliphatic carbocycles. The first-order valence-electron chi connectivity index (χ1n) is 6.40. The maximum atomic E-state index is 5.34. The Morgan fingerprint density at radius 3 is 2.57 bits per heavy atom. The van der Waals surface area contributed by atoms with Gasteiger partial charge in [0.2, 0.25) is 0 Å². The Balaban J connectivity index is 1.79. The maximum Gasteiger partial charge on any atom is 0.176 e. The smallest absolute Gasteiger partial charge is 0.176 e. The number of aromatic nitrogens is 1. The van der Waals surface area contributed by atoms with Gasteiger partial charge in [0.1, 0.15) is 5.82 Å². The Bertz CT molecular complexity index is 782. The van der Waals surface area contributed by atoms with Crippen LogP contribution in [-0.4, -0.2) is 10.1 Å². The number of fused-ring (bicyclic) bond motifs is 1. The molecule has 0 bridgehead atoms. The number of benzene rings is 2. The van der Waals surface area contributed by atoms with Crippen LogP contribution in [0.1, 0.15) is 0 Å². The number of hydrogen-bond acceptors (Lipinski definition) is 2. The minimum Gasteiger partial charge on any atom is -0.332 e. The molecule has 21 heavy (non-hydrogen) atoms. The normalized spacial score (nSPS) is 10.3. The van der Waals surface area contributed by atoms with Crippen LogP contribution in [0.25, 0.3) is 10.8 Å². The van der Waals surface area contributed by atoms with E-state index in [9.17, 15) is 0 Å². The summed E-state index contributed by atoms with van der Waals surface area (Å²) in [6.07, 6.45) is 1.73. The van der Waals surface area contributed by atoms with Crippen LogP contribution in [0.2, 0.25) is 0 Å². The molecule has 1 heterocycles. The lowest BCUT2D eigenvalue weighted by molar-refractivity contribution is 1.31. The second-order valence-corrected chi connectivity index (χ2v) is 5.79. The van der Waals surface area contributed by atoms with Gasteiger partial charge in [-0.2, -0.15) is 0 Å². The fourth-order valence-electron chi connectivity index (χ4n) is 2.05. The van der Waals surface area contributed by atoms with E-state index >= 15 is 0 Å². The fraction of sp³-hybridized carbons (Fsp3) is 0.